The minimum atomic E-state index is -0.505. The summed E-state index contributed by atoms with van der Waals surface area (Å²) in [4.78, 5) is 16.6. The molecule has 23 heavy (non-hydrogen) atoms. The van der Waals surface area contributed by atoms with Crippen molar-refractivity contribution in [2.24, 2.45) is 0 Å². The van der Waals surface area contributed by atoms with Crippen LogP contribution in [0.4, 0.5) is 11.4 Å². The molecule has 0 bridgehead atoms. The van der Waals surface area contributed by atoms with Gasteiger partial charge >= 0.3 is 0 Å². The first-order valence-electron chi connectivity index (χ1n) is 7.61. The number of piperazine rings is 1. The van der Waals surface area contributed by atoms with Gasteiger partial charge in [-0.2, -0.15) is 0 Å². The molecule has 1 saturated heterocycles. The molecular formula is C15H23ClN4O3. The van der Waals surface area contributed by atoms with Gasteiger partial charge in [-0.3, -0.25) is 15.0 Å². The molecular weight excluding hydrogens is 320 g/mol. The first kappa shape index (κ1) is 17.9. The monoisotopic (exact) mass is 342 g/mol. The smallest absolute Gasteiger partial charge is 0.271 e. The lowest BCUT2D eigenvalue weighted by atomic mass is 10.2. The highest BCUT2D eigenvalue weighted by Gasteiger charge is 2.19. The van der Waals surface area contributed by atoms with E-state index in [0.717, 1.165) is 26.2 Å². The number of hydrogen-bond acceptors (Lipinski definition) is 6. The van der Waals surface area contributed by atoms with Crippen LogP contribution in [0.15, 0.2) is 18.2 Å². The van der Waals surface area contributed by atoms with Gasteiger partial charge in [-0.15, -0.1) is 0 Å². The standard InChI is InChI=1S/C15H23ClN4O3/c1-17-5-7-19(8-6-17)11-13(21)10-18(2)15-4-3-12(20(22)23)9-14(15)16/h3-4,9,13,21H,5-8,10-11H2,1-2H3/t13-/m1/s1. The van der Waals surface area contributed by atoms with Crippen LogP contribution in [0.2, 0.25) is 5.02 Å². The molecule has 0 aliphatic carbocycles. The van der Waals surface area contributed by atoms with Gasteiger partial charge in [-0.1, -0.05) is 11.6 Å². The van der Waals surface area contributed by atoms with E-state index in [9.17, 15) is 15.2 Å². The number of nitro groups is 1. The maximum absolute atomic E-state index is 10.7. The van der Waals surface area contributed by atoms with Crippen molar-refractivity contribution in [3.63, 3.8) is 0 Å². The van der Waals surface area contributed by atoms with Crippen molar-refractivity contribution >= 4 is 23.0 Å². The lowest BCUT2D eigenvalue weighted by Gasteiger charge is -2.34. The molecule has 8 heteroatoms. The summed E-state index contributed by atoms with van der Waals surface area (Å²) in [6.07, 6.45) is -0.505. The van der Waals surface area contributed by atoms with E-state index in [1.807, 2.05) is 11.9 Å². The molecule has 1 fully saturated rings. The Morgan fingerprint density at radius 3 is 2.61 bits per heavy atom. The maximum Gasteiger partial charge on any atom is 0.271 e. The third-order valence-electron chi connectivity index (χ3n) is 4.10. The number of rotatable bonds is 6. The van der Waals surface area contributed by atoms with E-state index in [1.165, 1.54) is 12.1 Å². The molecule has 0 spiro atoms. The van der Waals surface area contributed by atoms with Gasteiger partial charge in [0.05, 0.1) is 21.7 Å². The minimum Gasteiger partial charge on any atom is -0.390 e. The van der Waals surface area contributed by atoms with Gasteiger partial charge < -0.3 is 14.9 Å². The molecule has 0 amide bonds. The number of non-ortho nitro benzene ring substituents is 1. The van der Waals surface area contributed by atoms with Gasteiger partial charge in [0.25, 0.3) is 5.69 Å². The predicted molar refractivity (Wildman–Crippen MR) is 91.3 cm³/mol. The van der Waals surface area contributed by atoms with Crippen molar-refractivity contribution in [1.29, 1.82) is 0 Å². The molecule has 7 nitrogen and oxygen atoms in total. The van der Waals surface area contributed by atoms with Crippen LogP contribution in [-0.4, -0.2) is 79.3 Å². The molecule has 128 valence electrons. The Bertz CT molecular complexity index is 550. The van der Waals surface area contributed by atoms with Crippen LogP contribution in [0.3, 0.4) is 0 Å². The number of anilines is 1. The maximum atomic E-state index is 10.7. The largest absolute Gasteiger partial charge is 0.390 e. The van der Waals surface area contributed by atoms with Crippen LogP contribution in [0.5, 0.6) is 0 Å². The van der Waals surface area contributed by atoms with Gasteiger partial charge in [0.15, 0.2) is 0 Å². The Morgan fingerprint density at radius 2 is 2.04 bits per heavy atom. The number of benzene rings is 1. The highest BCUT2D eigenvalue weighted by Crippen LogP contribution is 2.29. The lowest BCUT2D eigenvalue weighted by molar-refractivity contribution is -0.384. The number of aliphatic hydroxyl groups excluding tert-OH is 1. The molecule has 1 atom stereocenters. The Kier molecular flexibility index (Phi) is 6.17. The summed E-state index contributed by atoms with van der Waals surface area (Å²) in [5.41, 5.74) is 0.639. The summed E-state index contributed by atoms with van der Waals surface area (Å²) in [7, 11) is 3.92. The summed E-state index contributed by atoms with van der Waals surface area (Å²) in [5, 5.41) is 21.3. The summed E-state index contributed by atoms with van der Waals surface area (Å²) < 4.78 is 0. The summed E-state index contributed by atoms with van der Waals surface area (Å²) in [6, 6.07) is 4.37. The average molecular weight is 343 g/mol. The molecule has 1 aromatic rings. The van der Waals surface area contributed by atoms with Crippen molar-refractivity contribution in [3.05, 3.63) is 33.3 Å². The van der Waals surface area contributed by atoms with E-state index in [-0.39, 0.29) is 5.69 Å². The number of aliphatic hydroxyl groups is 1. The first-order valence-corrected chi connectivity index (χ1v) is 7.98. The zero-order chi connectivity index (χ0) is 17.0. The second-order valence-electron chi connectivity index (χ2n) is 6.03. The molecule has 1 heterocycles. The van der Waals surface area contributed by atoms with E-state index in [4.69, 9.17) is 11.6 Å². The number of hydrogen-bond donors (Lipinski definition) is 1. The second kappa shape index (κ2) is 7.92. The fraction of sp³-hybridized carbons (Fsp3) is 0.600. The minimum absolute atomic E-state index is 0.0369. The normalized spacial score (nSPS) is 17.9. The van der Waals surface area contributed by atoms with Gasteiger partial charge in [-0.25, -0.2) is 0 Å². The van der Waals surface area contributed by atoms with E-state index in [1.54, 1.807) is 6.07 Å². The molecule has 0 aromatic heterocycles. The zero-order valence-corrected chi connectivity index (χ0v) is 14.2. The van der Waals surface area contributed by atoms with E-state index in [2.05, 4.69) is 16.8 Å². The van der Waals surface area contributed by atoms with Crippen LogP contribution in [0.25, 0.3) is 0 Å². The molecule has 1 N–H and O–H groups in total. The number of nitro benzene ring substituents is 1. The average Bonchev–Trinajstić information content (AvgIpc) is 2.49. The van der Waals surface area contributed by atoms with Gasteiger partial charge in [0.2, 0.25) is 0 Å². The van der Waals surface area contributed by atoms with Crippen molar-refractivity contribution in [3.8, 4) is 0 Å². The molecule has 0 radical (unpaired) electrons. The first-order chi connectivity index (χ1) is 10.9. The highest BCUT2D eigenvalue weighted by molar-refractivity contribution is 6.33. The zero-order valence-electron chi connectivity index (χ0n) is 13.5. The van der Waals surface area contributed by atoms with Crippen LogP contribution >= 0.6 is 11.6 Å². The summed E-state index contributed by atoms with van der Waals surface area (Å²) >= 11 is 6.12. The van der Waals surface area contributed by atoms with Crippen molar-refractivity contribution in [1.82, 2.24) is 9.80 Å². The summed E-state index contributed by atoms with van der Waals surface area (Å²) in [5.74, 6) is 0. The number of halogens is 1. The van der Waals surface area contributed by atoms with Crippen LogP contribution in [0.1, 0.15) is 0 Å². The Balaban J connectivity index is 1.90. The molecule has 1 aliphatic rings. The molecule has 1 aliphatic heterocycles. The lowest BCUT2D eigenvalue weighted by Crippen LogP contribution is -2.48. The topological polar surface area (TPSA) is 73.1 Å². The predicted octanol–water partition coefficient (Wildman–Crippen LogP) is 1.29. The third-order valence-corrected chi connectivity index (χ3v) is 4.41. The van der Waals surface area contributed by atoms with Gasteiger partial charge in [0, 0.05) is 58.4 Å². The third kappa shape index (κ3) is 5.04. The van der Waals surface area contributed by atoms with Gasteiger partial charge in [-0.05, 0) is 13.1 Å². The highest BCUT2D eigenvalue weighted by atomic mass is 35.5. The van der Waals surface area contributed by atoms with Crippen LogP contribution in [0, 0.1) is 10.1 Å². The molecule has 0 saturated carbocycles. The molecule has 2 rings (SSSR count). The van der Waals surface area contributed by atoms with E-state index >= 15 is 0 Å². The number of likely N-dealkylation sites (N-methyl/N-ethyl adjacent to an activating group) is 2. The molecule has 0 unspecified atom stereocenters. The fourth-order valence-corrected chi connectivity index (χ4v) is 3.04. The Labute approximate surface area is 141 Å². The van der Waals surface area contributed by atoms with E-state index < -0.39 is 11.0 Å². The Morgan fingerprint density at radius 1 is 1.39 bits per heavy atom. The van der Waals surface area contributed by atoms with Crippen LogP contribution in [-0.2, 0) is 0 Å². The number of nitrogens with zero attached hydrogens (tertiary/aromatic N) is 4. The van der Waals surface area contributed by atoms with Crippen molar-refractivity contribution in [2.45, 2.75) is 6.10 Å². The van der Waals surface area contributed by atoms with Crippen LogP contribution < -0.4 is 4.90 Å². The molecule has 1 aromatic carbocycles. The Hall–Kier alpha value is -1.41. The van der Waals surface area contributed by atoms with E-state index in [0.29, 0.717) is 23.8 Å². The fourth-order valence-electron chi connectivity index (χ4n) is 2.72. The van der Waals surface area contributed by atoms with Gasteiger partial charge in [0.1, 0.15) is 0 Å². The van der Waals surface area contributed by atoms with Crippen molar-refractivity contribution in [2.75, 3.05) is 58.3 Å². The summed E-state index contributed by atoms with van der Waals surface area (Å²) in [6.45, 7) is 4.96. The number of β-amino-alcohol motifs (C(OH)–C–C–N with tert-alkyl or cyclic N) is 1. The SMILES string of the molecule is CN1CCN(C[C@H](O)CN(C)c2ccc([N+](=O)[O-])cc2Cl)CC1. The quantitative estimate of drug-likeness (QED) is 0.620. The van der Waals surface area contributed by atoms with Crippen molar-refractivity contribution < 1.29 is 10.0 Å². The second-order valence-corrected chi connectivity index (χ2v) is 6.44.